The highest BCUT2D eigenvalue weighted by Gasteiger charge is 2.26. The SMILES string of the molecule is CC(=O)N[C@@H](C=O)[C@@H](O)[C@@H](O)CCO. The number of aliphatic hydroxyl groups excluding tert-OH is 3. The van der Waals surface area contributed by atoms with Crippen LogP contribution in [-0.2, 0) is 9.59 Å². The maximum atomic E-state index is 10.6. The third-order valence-electron chi connectivity index (χ3n) is 1.70. The van der Waals surface area contributed by atoms with Crippen molar-refractivity contribution in [2.24, 2.45) is 0 Å². The van der Waals surface area contributed by atoms with Crippen molar-refractivity contribution in [1.29, 1.82) is 0 Å². The monoisotopic (exact) mass is 205 g/mol. The molecule has 6 nitrogen and oxygen atoms in total. The van der Waals surface area contributed by atoms with Gasteiger partial charge in [0.05, 0.1) is 6.10 Å². The first-order valence-electron chi connectivity index (χ1n) is 4.22. The molecule has 6 heteroatoms. The number of carbonyl (C=O) groups is 2. The molecule has 4 N–H and O–H groups in total. The summed E-state index contributed by atoms with van der Waals surface area (Å²) in [4.78, 5) is 21.0. The van der Waals surface area contributed by atoms with Crippen molar-refractivity contribution in [3.8, 4) is 0 Å². The van der Waals surface area contributed by atoms with E-state index in [-0.39, 0.29) is 13.0 Å². The molecular formula is C8H15NO5. The minimum absolute atomic E-state index is 0.0505. The lowest BCUT2D eigenvalue weighted by atomic mass is 10.0. The fraction of sp³-hybridized carbons (Fsp3) is 0.750. The quantitative estimate of drug-likeness (QED) is 0.368. The maximum Gasteiger partial charge on any atom is 0.217 e. The molecule has 0 radical (unpaired) electrons. The van der Waals surface area contributed by atoms with Crippen LogP contribution in [0.15, 0.2) is 0 Å². The molecule has 0 aromatic heterocycles. The molecule has 1 amide bonds. The van der Waals surface area contributed by atoms with Gasteiger partial charge in [0.15, 0.2) is 0 Å². The predicted octanol–water partition coefficient (Wildman–Crippen LogP) is -2.21. The second kappa shape index (κ2) is 6.47. The summed E-state index contributed by atoms with van der Waals surface area (Å²) in [6, 6.07) is -1.14. The Bertz CT molecular complexity index is 196. The van der Waals surface area contributed by atoms with Crippen molar-refractivity contribution in [1.82, 2.24) is 5.32 Å². The zero-order chi connectivity index (χ0) is 11.1. The van der Waals surface area contributed by atoms with Crippen molar-refractivity contribution in [3.63, 3.8) is 0 Å². The van der Waals surface area contributed by atoms with Gasteiger partial charge in [0.1, 0.15) is 18.4 Å². The molecule has 0 aliphatic carbocycles. The lowest BCUT2D eigenvalue weighted by molar-refractivity contribution is -0.126. The Hall–Kier alpha value is -0.980. The van der Waals surface area contributed by atoms with Crippen LogP contribution in [0, 0.1) is 0 Å². The van der Waals surface area contributed by atoms with Crippen molar-refractivity contribution in [2.45, 2.75) is 31.6 Å². The van der Waals surface area contributed by atoms with E-state index in [2.05, 4.69) is 5.32 Å². The van der Waals surface area contributed by atoms with Crippen LogP contribution in [0.3, 0.4) is 0 Å². The molecule has 0 saturated heterocycles. The Morgan fingerprint density at radius 2 is 2.07 bits per heavy atom. The predicted molar refractivity (Wildman–Crippen MR) is 47.4 cm³/mol. The largest absolute Gasteiger partial charge is 0.396 e. The second-order valence-corrected chi connectivity index (χ2v) is 2.93. The number of hydrogen-bond donors (Lipinski definition) is 4. The maximum absolute atomic E-state index is 10.6. The molecule has 82 valence electrons. The molecule has 0 aromatic rings. The highest BCUT2D eigenvalue weighted by Crippen LogP contribution is 2.02. The number of amides is 1. The Morgan fingerprint density at radius 3 is 2.43 bits per heavy atom. The molecule has 0 heterocycles. The minimum atomic E-state index is -1.40. The molecule has 3 atom stereocenters. The molecular weight excluding hydrogens is 190 g/mol. The molecule has 0 rings (SSSR count). The third-order valence-corrected chi connectivity index (χ3v) is 1.70. The first-order valence-corrected chi connectivity index (χ1v) is 4.22. The summed E-state index contributed by atoms with van der Waals surface area (Å²) in [5, 5.41) is 29.2. The van der Waals surface area contributed by atoms with Gasteiger partial charge in [-0.2, -0.15) is 0 Å². The highest BCUT2D eigenvalue weighted by atomic mass is 16.3. The Balaban J connectivity index is 4.21. The van der Waals surface area contributed by atoms with Gasteiger partial charge in [0.2, 0.25) is 5.91 Å². The van der Waals surface area contributed by atoms with Crippen LogP contribution >= 0.6 is 0 Å². The van der Waals surface area contributed by atoms with Crippen LogP contribution in [0.2, 0.25) is 0 Å². The minimum Gasteiger partial charge on any atom is -0.396 e. The summed E-state index contributed by atoms with van der Waals surface area (Å²) in [6.07, 6.45) is -2.34. The van der Waals surface area contributed by atoms with Gasteiger partial charge in [-0.3, -0.25) is 4.79 Å². The van der Waals surface area contributed by atoms with E-state index in [0.29, 0.717) is 6.29 Å². The molecule has 0 unspecified atom stereocenters. The average Bonchev–Trinajstić information content (AvgIpc) is 2.13. The number of carbonyl (C=O) groups excluding carboxylic acids is 2. The van der Waals surface area contributed by atoms with E-state index in [1.807, 2.05) is 0 Å². The van der Waals surface area contributed by atoms with Crippen LogP contribution in [0.1, 0.15) is 13.3 Å². The summed E-state index contributed by atoms with van der Waals surface area (Å²) < 4.78 is 0. The van der Waals surface area contributed by atoms with Gasteiger partial charge in [-0.05, 0) is 6.42 Å². The van der Waals surface area contributed by atoms with Crippen molar-refractivity contribution >= 4 is 12.2 Å². The number of nitrogens with one attached hydrogen (secondary N) is 1. The number of hydrogen-bond acceptors (Lipinski definition) is 5. The van der Waals surface area contributed by atoms with Gasteiger partial charge >= 0.3 is 0 Å². The van der Waals surface area contributed by atoms with Gasteiger partial charge in [0, 0.05) is 13.5 Å². The molecule has 0 bridgehead atoms. The Kier molecular flexibility index (Phi) is 6.02. The smallest absolute Gasteiger partial charge is 0.217 e. The van der Waals surface area contributed by atoms with E-state index in [9.17, 15) is 19.8 Å². The Morgan fingerprint density at radius 1 is 1.50 bits per heavy atom. The molecule has 14 heavy (non-hydrogen) atoms. The van der Waals surface area contributed by atoms with Crippen LogP contribution in [0.25, 0.3) is 0 Å². The number of aldehydes is 1. The summed E-state index contributed by atoms with van der Waals surface area (Å²) >= 11 is 0. The third kappa shape index (κ3) is 4.31. The van der Waals surface area contributed by atoms with Crippen molar-refractivity contribution in [2.75, 3.05) is 6.61 Å². The van der Waals surface area contributed by atoms with E-state index >= 15 is 0 Å². The van der Waals surface area contributed by atoms with Gasteiger partial charge in [0.25, 0.3) is 0 Å². The molecule has 0 saturated carbocycles. The summed E-state index contributed by atoms with van der Waals surface area (Å²) in [5.74, 6) is -0.475. The molecule has 0 spiro atoms. The zero-order valence-corrected chi connectivity index (χ0v) is 7.88. The standard InChI is InChI=1S/C8H15NO5/c1-5(12)9-6(4-11)8(14)7(13)2-3-10/h4,6-8,10,13-14H,2-3H2,1H3,(H,9,12)/t6-,7-,8+/m0/s1. The first kappa shape index (κ1) is 13.0. The molecule has 0 aliphatic rings. The van der Waals surface area contributed by atoms with E-state index in [1.54, 1.807) is 0 Å². The van der Waals surface area contributed by atoms with Gasteiger partial charge < -0.3 is 25.4 Å². The fourth-order valence-electron chi connectivity index (χ4n) is 0.977. The van der Waals surface area contributed by atoms with Crippen molar-refractivity contribution < 1.29 is 24.9 Å². The molecule has 0 aromatic carbocycles. The van der Waals surface area contributed by atoms with Crippen LogP contribution in [-0.4, -0.2) is 52.4 Å². The zero-order valence-electron chi connectivity index (χ0n) is 7.88. The van der Waals surface area contributed by atoms with E-state index < -0.39 is 24.2 Å². The van der Waals surface area contributed by atoms with Gasteiger partial charge in [-0.25, -0.2) is 0 Å². The summed E-state index contributed by atoms with van der Waals surface area (Å²) in [5.41, 5.74) is 0. The van der Waals surface area contributed by atoms with Crippen LogP contribution in [0.5, 0.6) is 0 Å². The van der Waals surface area contributed by atoms with E-state index in [4.69, 9.17) is 5.11 Å². The fourth-order valence-corrected chi connectivity index (χ4v) is 0.977. The normalized spacial score (nSPS) is 16.9. The molecule has 0 aliphatic heterocycles. The lowest BCUT2D eigenvalue weighted by Crippen LogP contribution is -2.49. The number of aliphatic hydroxyl groups is 3. The first-order chi connectivity index (χ1) is 6.52. The van der Waals surface area contributed by atoms with Gasteiger partial charge in [-0.1, -0.05) is 0 Å². The van der Waals surface area contributed by atoms with Gasteiger partial charge in [-0.15, -0.1) is 0 Å². The highest BCUT2D eigenvalue weighted by molar-refractivity contribution is 5.77. The van der Waals surface area contributed by atoms with E-state index in [0.717, 1.165) is 0 Å². The second-order valence-electron chi connectivity index (χ2n) is 2.93. The number of rotatable bonds is 6. The lowest BCUT2D eigenvalue weighted by Gasteiger charge is -2.22. The van der Waals surface area contributed by atoms with Crippen LogP contribution < -0.4 is 5.32 Å². The average molecular weight is 205 g/mol. The van der Waals surface area contributed by atoms with E-state index in [1.165, 1.54) is 6.92 Å². The Labute approximate surface area is 81.5 Å². The summed E-state index contributed by atoms with van der Waals surface area (Å²) in [6.45, 7) is 0.894. The van der Waals surface area contributed by atoms with Crippen molar-refractivity contribution in [3.05, 3.63) is 0 Å². The topological polar surface area (TPSA) is 107 Å². The van der Waals surface area contributed by atoms with Crippen LogP contribution in [0.4, 0.5) is 0 Å². The molecule has 0 fully saturated rings. The summed E-state index contributed by atoms with van der Waals surface area (Å²) in [7, 11) is 0.